The molecule has 2 atom stereocenters. The highest BCUT2D eigenvalue weighted by atomic mass is 79.9. The van der Waals surface area contributed by atoms with Crippen LogP contribution in [-0.2, 0) is 0 Å². The van der Waals surface area contributed by atoms with Crippen LogP contribution in [0.3, 0.4) is 0 Å². The normalized spacial score (nSPS) is 19.1. The number of aliphatic hydroxyl groups excluding tert-OH is 1. The molecule has 0 saturated carbocycles. The van der Waals surface area contributed by atoms with Gasteiger partial charge in [-0.1, -0.05) is 0 Å². The second-order valence-corrected chi connectivity index (χ2v) is 10.3. The van der Waals surface area contributed by atoms with Gasteiger partial charge < -0.3 is 26.4 Å². The zero-order valence-electron chi connectivity index (χ0n) is 20.1. The van der Waals surface area contributed by atoms with Crippen LogP contribution in [0.1, 0.15) is 12.8 Å². The Morgan fingerprint density at radius 2 is 1.29 bits per heavy atom. The fourth-order valence-electron chi connectivity index (χ4n) is 4.12. The van der Waals surface area contributed by atoms with Crippen molar-refractivity contribution in [1.29, 1.82) is 0 Å². The average molecular weight is 652 g/mol. The van der Waals surface area contributed by atoms with Gasteiger partial charge in [0.05, 0.1) is 12.6 Å². The standard InChI is InChI=1S/C11H12BrFN6.C11H13BrN6O/c12-8-9(14)16-11(19-4-1-3-15-19)17-10(8)18-5-2-7(13)6-18;12-8-9(13)15-11(18-4-1-3-14-18)16-10(8)17-5-2-7(19)6-17/h1,3-4,7H,2,5-6H2,(H2,14,16,17);1,3-4,7,19H,2,5-6H2,(H2,13,15,16)/t7-;/m0./s1. The minimum absolute atomic E-state index is 0.317. The number of nitrogen functional groups attached to an aromatic ring is 2. The summed E-state index contributed by atoms with van der Waals surface area (Å²) in [5.74, 6) is 2.77. The third kappa shape index (κ3) is 5.56. The van der Waals surface area contributed by atoms with Gasteiger partial charge in [-0.3, -0.25) is 0 Å². The van der Waals surface area contributed by atoms with Crippen LogP contribution in [0.2, 0.25) is 0 Å². The van der Waals surface area contributed by atoms with Gasteiger partial charge >= 0.3 is 0 Å². The van der Waals surface area contributed by atoms with Crippen LogP contribution in [0.4, 0.5) is 27.7 Å². The maximum absolute atomic E-state index is 13.3. The lowest BCUT2D eigenvalue weighted by atomic mass is 10.3. The summed E-state index contributed by atoms with van der Waals surface area (Å²) in [4.78, 5) is 21.1. The molecule has 38 heavy (non-hydrogen) atoms. The van der Waals surface area contributed by atoms with E-state index in [-0.39, 0.29) is 6.10 Å². The molecule has 2 fully saturated rings. The van der Waals surface area contributed by atoms with Gasteiger partial charge in [0, 0.05) is 44.4 Å². The molecule has 6 rings (SSSR count). The summed E-state index contributed by atoms with van der Waals surface area (Å²) in [5, 5.41) is 17.8. The van der Waals surface area contributed by atoms with Gasteiger partial charge in [-0.2, -0.15) is 30.1 Å². The quantitative estimate of drug-likeness (QED) is 0.296. The monoisotopic (exact) mass is 650 g/mol. The Labute approximate surface area is 234 Å². The number of aliphatic hydroxyl groups is 1. The fourth-order valence-corrected chi connectivity index (χ4v) is 4.98. The van der Waals surface area contributed by atoms with Gasteiger partial charge in [-0.25, -0.2) is 13.8 Å². The molecule has 2 saturated heterocycles. The molecule has 16 heteroatoms. The summed E-state index contributed by atoms with van der Waals surface area (Å²) < 4.78 is 17.6. The number of alkyl halides is 1. The van der Waals surface area contributed by atoms with E-state index in [0.29, 0.717) is 70.2 Å². The highest BCUT2D eigenvalue weighted by molar-refractivity contribution is 9.11. The second-order valence-electron chi connectivity index (χ2n) is 8.71. The van der Waals surface area contributed by atoms with Crippen LogP contribution >= 0.6 is 31.9 Å². The molecule has 0 aliphatic carbocycles. The summed E-state index contributed by atoms with van der Waals surface area (Å²) in [6.45, 7) is 2.24. The number of rotatable bonds is 4. The van der Waals surface area contributed by atoms with Crippen molar-refractivity contribution in [3.05, 3.63) is 45.9 Å². The number of halogens is 3. The van der Waals surface area contributed by atoms with E-state index in [1.807, 2.05) is 9.80 Å². The molecule has 0 amide bonds. The van der Waals surface area contributed by atoms with E-state index < -0.39 is 6.17 Å². The molecule has 4 aromatic rings. The Hall–Kier alpha value is -3.37. The van der Waals surface area contributed by atoms with Crippen molar-refractivity contribution in [2.45, 2.75) is 25.1 Å². The molecule has 4 aromatic heterocycles. The van der Waals surface area contributed by atoms with E-state index >= 15 is 0 Å². The minimum atomic E-state index is -0.823. The molecule has 0 radical (unpaired) electrons. The predicted octanol–water partition coefficient (Wildman–Crippen LogP) is 2.13. The average Bonchev–Trinajstić information content (AvgIpc) is 3.71. The molecule has 200 valence electrons. The zero-order chi connectivity index (χ0) is 26.8. The number of hydrogen-bond acceptors (Lipinski definition) is 11. The van der Waals surface area contributed by atoms with Gasteiger partial charge in [0.15, 0.2) is 11.6 Å². The maximum atomic E-state index is 13.3. The Morgan fingerprint density at radius 1 is 0.789 bits per heavy atom. The van der Waals surface area contributed by atoms with E-state index in [9.17, 15) is 9.50 Å². The number of nitrogens with two attached hydrogens (primary N) is 2. The highest BCUT2D eigenvalue weighted by Crippen LogP contribution is 2.33. The van der Waals surface area contributed by atoms with Crippen molar-refractivity contribution in [3.8, 4) is 11.9 Å². The Kier molecular flexibility index (Phi) is 7.71. The molecular formula is C22H25Br2FN12O. The molecule has 1 unspecified atom stereocenters. The third-order valence-corrected chi connectivity index (χ3v) is 7.53. The van der Waals surface area contributed by atoms with Crippen LogP contribution in [0.5, 0.6) is 0 Å². The number of aromatic nitrogens is 8. The van der Waals surface area contributed by atoms with Gasteiger partial charge in [-0.05, 0) is 56.8 Å². The third-order valence-electron chi connectivity index (χ3n) is 6.01. The minimum Gasteiger partial charge on any atom is -0.391 e. The Bertz CT molecular complexity index is 1280. The van der Waals surface area contributed by atoms with Crippen molar-refractivity contribution >= 4 is 55.1 Å². The predicted molar refractivity (Wildman–Crippen MR) is 147 cm³/mol. The van der Waals surface area contributed by atoms with Crippen LogP contribution in [0.15, 0.2) is 45.9 Å². The largest absolute Gasteiger partial charge is 0.391 e. The van der Waals surface area contributed by atoms with E-state index in [4.69, 9.17) is 11.5 Å². The first-order chi connectivity index (χ1) is 18.3. The van der Waals surface area contributed by atoms with Crippen LogP contribution in [-0.4, -0.2) is 83.1 Å². The lowest BCUT2D eigenvalue weighted by Crippen LogP contribution is -2.24. The summed E-state index contributed by atoms with van der Waals surface area (Å²) in [6.07, 6.45) is 6.86. The first-order valence-electron chi connectivity index (χ1n) is 11.8. The Morgan fingerprint density at radius 3 is 1.68 bits per heavy atom. The van der Waals surface area contributed by atoms with Crippen LogP contribution in [0, 0.1) is 0 Å². The van der Waals surface area contributed by atoms with Crippen molar-refractivity contribution in [2.24, 2.45) is 0 Å². The first-order valence-corrected chi connectivity index (χ1v) is 13.4. The van der Waals surface area contributed by atoms with Crippen LogP contribution < -0.4 is 21.3 Å². The van der Waals surface area contributed by atoms with Crippen LogP contribution in [0.25, 0.3) is 11.9 Å². The summed E-state index contributed by atoms with van der Waals surface area (Å²) in [6, 6.07) is 3.57. The first kappa shape index (κ1) is 26.2. The number of nitrogens with zero attached hydrogens (tertiary/aromatic N) is 10. The van der Waals surface area contributed by atoms with E-state index in [1.54, 1.807) is 41.6 Å². The fraction of sp³-hybridized carbons (Fsp3) is 0.364. The van der Waals surface area contributed by atoms with Gasteiger partial charge in [-0.15, -0.1) is 0 Å². The van der Waals surface area contributed by atoms with Crippen molar-refractivity contribution in [2.75, 3.05) is 47.4 Å². The van der Waals surface area contributed by atoms with Crippen molar-refractivity contribution < 1.29 is 9.50 Å². The summed E-state index contributed by atoms with van der Waals surface area (Å²) >= 11 is 6.77. The SMILES string of the molecule is Nc1nc(-n2cccn2)nc(N2CCC(O)C2)c1Br.Nc1nc(-n2cccn2)nc(N2CC[C@H](F)C2)c1Br. The molecule has 0 aromatic carbocycles. The zero-order valence-corrected chi connectivity index (χ0v) is 23.2. The summed E-state index contributed by atoms with van der Waals surface area (Å²) in [5.41, 5.74) is 11.8. The molecular weight excluding hydrogens is 627 g/mol. The maximum Gasteiger partial charge on any atom is 0.254 e. The van der Waals surface area contributed by atoms with E-state index in [1.165, 1.54) is 4.68 Å². The molecule has 0 bridgehead atoms. The molecule has 13 nitrogen and oxygen atoms in total. The van der Waals surface area contributed by atoms with Gasteiger partial charge in [0.2, 0.25) is 0 Å². The van der Waals surface area contributed by atoms with Gasteiger partial charge in [0.1, 0.15) is 26.8 Å². The molecule has 5 N–H and O–H groups in total. The van der Waals surface area contributed by atoms with E-state index in [0.717, 1.165) is 13.0 Å². The number of anilines is 4. The topological polar surface area (TPSA) is 166 Å². The highest BCUT2D eigenvalue weighted by Gasteiger charge is 2.27. The van der Waals surface area contributed by atoms with E-state index in [2.05, 4.69) is 62.0 Å². The number of hydrogen-bond donors (Lipinski definition) is 3. The molecule has 0 spiro atoms. The van der Waals surface area contributed by atoms with Crippen molar-refractivity contribution in [1.82, 2.24) is 39.5 Å². The molecule has 2 aliphatic rings. The summed E-state index contributed by atoms with van der Waals surface area (Å²) in [7, 11) is 0. The lowest BCUT2D eigenvalue weighted by molar-refractivity contribution is 0.198. The lowest BCUT2D eigenvalue weighted by Gasteiger charge is -2.19. The van der Waals surface area contributed by atoms with Gasteiger partial charge in [0.25, 0.3) is 11.9 Å². The smallest absolute Gasteiger partial charge is 0.254 e. The number of β-amino-alcohol motifs (C(OH)–C–C–N with tert-alkyl or cyclic N) is 1. The Balaban J connectivity index is 0.000000155. The molecule has 2 aliphatic heterocycles. The second kappa shape index (κ2) is 11.2. The molecule has 6 heterocycles. The van der Waals surface area contributed by atoms with Crippen molar-refractivity contribution in [3.63, 3.8) is 0 Å².